The quantitative estimate of drug-likeness (QED) is 0.837. The molecule has 0 radical (unpaired) electrons. The van der Waals surface area contributed by atoms with Crippen molar-refractivity contribution in [3.63, 3.8) is 0 Å². The molecule has 1 aromatic heterocycles. The molecule has 0 aliphatic carbocycles. The Labute approximate surface area is 110 Å². The molecule has 0 spiro atoms. The van der Waals surface area contributed by atoms with Crippen LogP contribution in [-0.2, 0) is 0 Å². The highest BCUT2D eigenvalue weighted by Gasteiger charge is 2.29. The summed E-state index contributed by atoms with van der Waals surface area (Å²) in [5.74, 6) is 1.68. The van der Waals surface area contributed by atoms with E-state index in [0.29, 0.717) is 18.5 Å². The van der Waals surface area contributed by atoms with Gasteiger partial charge in [-0.1, -0.05) is 6.92 Å². The minimum Gasteiger partial charge on any atom is -0.351 e. The lowest BCUT2D eigenvalue weighted by molar-refractivity contribution is 0.347. The Kier molecular flexibility index (Phi) is 3.96. The summed E-state index contributed by atoms with van der Waals surface area (Å²) in [5.41, 5.74) is 5.88. The first-order chi connectivity index (χ1) is 7.74. The largest absolute Gasteiger partial charge is 0.351 e. The van der Waals surface area contributed by atoms with Crippen LogP contribution < -0.4 is 10.6 Å². The molecule has 2 unspecified atom stereocenters. The van der Waals surface area contributed by atoms with Crippen LogP contribution in [0.5, 0.6) is 0 Å². The maximum absolute atomic E-state index is 5.88. The van der Waals surface area contributed by atoms with Gasteiger partial charge in [0, 0.05) is 25.3 Å². The summed E-state index contributed by atoms with van der Waals surface area (Å²) in [5, 5.41) is 0. The molecule has 0 aromatic carbocycles. The third-order valence-corrected chi connectivity index (χ3v) is 4.04. The van der Waals surface area contributed by atoms with Crippen LogP contribution in [0.2, 0.25) is 0 Å². The van der Waals surface area contributed by atoms with Gasteiger partial charge in [0.2, 0.25) is 0 Å². The number of anilines is 1. The molecule has 0 saturated carbocycles. The van der Waals surface area contributed by atoms with E-state index in [2.05, 4.69) is 44.4 Å². The molecule has 1 saturated heterocycles. The molecular weight excluding hydrogens is 315 g/mol. The van der Waals surface area contributed by atoms with Crippen molar-refractivity contribution in [1.82, 2.24) is 9.97 Å². The predicted molar refractivity (Wildman–Crippen MR) is 73.3 cm³/mol. The number of piperidine rings is 1. The lowest BCUT2D eigenvalue weighted by Crippen LogP contribution is -2.49. The topological polar surface area (TPSA) is 55.0 Å². The number of rotatable bonds is 2. The zero-order valence-corrected chi connectivity index (χ0v) is 11.6. The molecule has 1 fully saturated rings. The third kappa shape index (κ3) is 2.29. The van der Waals surface area contributed by atoms with E-state index in [9.17, 15) is 0 Å². The van der Waals surface area contributed by atoms with E-state index in [1.807, 2.05) is 6.20 Å². The molecule has 0 bridgehead atoms. The molecule has 2 N–H and O–H groups in total. The van der Waals surface area contributed by atoms with E-state index in [4.69, 9.17) is 5.73 Å². The molecule has 2 heterocycles. The van der Waals surface area contributed by atoms with Crippen LogP contribution in [0, 0.1) is 9.49 Å². The third-order valence-electron chi connectivity index (χ3n) is 3.28. The summed E-state index contributed by atoms with van der Waals surface area (Å²) >= 11 is 2.29. The maximum atomic E-state index is 5.88. The van der Waals surface area contributed by atoms with Gasteiger partial charge in [0.25, 0.3) is 0 Å². The highest BCUT2D eigenvalue weighted by Crippen LogP contribution is 2.29. The van der Waals surface area contributed by atoms with Crippen molar-refractivity contribution in [1.29, 1.82) is 0 Å². The van der Waals surface area contributed by atoms with E-state index >= 15 is 0 Å². The first-order valence-electron chi connectivity index (χ1n) is 5.66. The van der Waals surface area contributed by atoms with Crippen molar-refractivity contribution in [2.75, 3.05) is 18.0 Å². The van der Waals surface area contributed by atoms with E-state index in [1.165, 1.54) is 12.8 Å². The van der Waals surface area contributed by atoms with Crippen molar-refractivity contribution in [3.8, 4) is 0 Å². The molecule has 5 heteroatoms. The van der Waals surface area contributed by atoms with Crippen LogP contribution in [0.1, 0.15) is 19.8 Å². The van der Waals surface area contributed by atoms with E-state index in [0.717, 1.165) is 15.9 Å². The fourth-order valence-corrected chi connectivity index (χ4v) is 3.00. The standard InChI is InChI=1S/C11H17IN4/c1-8-3-2-4-16(10(8)5-13)11-9(12)6-14-7-15-11/h6-8,10H,2-5,13H2,1H3. The number of aromatic nitrogens is 2. The second kappa shape index (κ2) is 5.27. The molecule has 4 nitrogen and oxygen atoms in total. The molecule has 2 atom stereocenters. The fourth-order valence-electron chi connectivity index (χ4n) is 2.39. The Morgan fingerprint density at radius 2 is 2.44 bits per heavy atom. The molecule has 0 amide bonds. The molecular formula is C11H17IN4. The van der Waals surface area contributed by atoms with Gasteiger partial charge in [-0.25, -0.2) is 9.97 Å². The van der Waals surface area contributed by atoms with Crippen molar-refractivity contribution in [3.05, 3.63) is 16.1 Å². The first kappa shape index (κ1) is 12.0. The van der Waals surface area contributed by atoms with Gasteiger partial charge in [-0.3, -0.25) is 0 Å². The van der Waals surface area contributed by atoms with Crippen LogP contribution in [0.25, 0.3) is 0 Å². The zero-order chi connectivity index (χ0) is 11.5. The fraction of sp³-hybridized carbons (Fsp3) is 0.636. The van der Waals surface area contributed by atoms with Crippen LogP contribution >= 0.6 is 22.6 Å². The van der Waals surface area contributed by atoms with Crippen LogP contribution in [-0.4, -0.2) is 29.1 Å². The normalized spacial score (nSPS) is 25.8. The minimum atomic E-state index is 0.414. The molecule has 88 valence electrons. The summed E-state index contributed by atoms with van der Waals surface area (Å²) in [4.78, 5) is 10.8. The number of halogens is 1. The summed E-state index contributed by atoms with van der Waals surface area (Å²) in [6.45, 7) is 4.03. The predicted octanol–water partition coefficient (Wildman–Crippen LogP) is 1.64. The molecule has 1 aliphatic heterocycles. The summed E-state index contributed by atoms with van der Waals surface area (Å²) in [7, 11) is 0. The van der Waals surface area contributed by atoms with Crippen LogP contribution in [0.4, 0.5) is 5.82 Å². The Bertz CT molecular complexity index is 358. The average Bonchev–Trinajstić information content (AvgIpc) is 2.29. The number of nitrogens with zero attached hydrogens (tertiary/aromatic N) is 3. The van der Waals surface area contributed by atoms with E-state index < -0.39 is 0 Å². The van der Waals surface area contributed by atoms with Gasteiger partial charge in [-0.05, 0) is 41.4 Å². The molecule has 16 heavy (non-hydrogen) atoms. The Balaban J connectivity index is 2.28. The van der Waals surface area contributed by atoms with Gasteiger partial charge in [0.1, 0.15) is 12.1 Å². The highest BCUT2D eigenvalue weighted by molar-refractivity contribution is 14.1. The zero-order valence-electron chi connectivity index (χ0n) is 9.43. The first-order valence-corrected chi connectivity index (χ1v) is 6.74. The van der Waals surface area contributed by atoms with Crippen molar-refractivity contribution in [2.24, 2.45) is 11.7 Å². The molecule has 1 aliphatic rings. The van der Waals surface area contributed by atoms with E-state index in [-0.39, 0.29) is 0 Å². The lowest BCUT2D eigenvalue weighted by Gasteiger charge is -2.40. The second-order valence-corrected chi connectivity index (χ2v) is 5.47. The highest BCUT2D eigenvalue weighted by atomic mass is 127. The summed E-state index contributed by atoms with van der Waals surface area (Å²) in [6, 6.07) is 0.414. The van der Waals surface area contributed by atoms with Gasteiger partial charge >= 0.3 is 0 Å². The smallest absolute Gasteiger partial charge is 0.145 e. The van der Waals surface area contributed by atoms with Crippen molar-refractivity contribution in [2.45, 2.75) is 25.8 Å². The Morgan fingerprint density at radius 1 is 1.62 bits per heavy atom. The van der Waals surface area contributed by atoms with Crippen LogP contribution in [0.3, 0.4) is 0 Å². The summed E-state index contributed by atoms with van der Waals surface area (Å²) in [6.07, 6.45) is 5.96. The van der Waals surface area contributed by atoms with Gasteiger partial charge in [0.05, 0.1) is 3.57 Å². The Morgan fingerprint density at radius 3 is 3.12 bits per heavy atom. The van der Waals surface area contributed by atoms with E-state index in [1.54, 1.807) is 6.33 Å². The van der Waals surface area contributed by atoms with Gasteiger partial charge in [-0.2, -0.15) is 0 Å². The number of hydrogen-bond acceptors (Lipinski definition) is 4. The summed E-state index contributed by atoms with van der Waals surface area (Å²) < 4.78 is 1.10. The average molecular weight is 332 g/mol. The van der Waals surface area contributed by atoms with Crippen LogP contribution in [0.15, 0.2) is 12.5 Å². The van der Waals surface area contributed by atoms with Crippen molar-refractivity contribution < 1.29 is 0 Å². The number of nitrogens with two attached hydrogens (primary N) is 1. The monoisotopic (exact) mass is 332 g/mol. The maximum Gasteiger partial charge on any atom is 0.145 e. The number of hydrogen-bond donors (Lipinski definition) is 1. The van der Waals surface area contributed by atoms with Gasteiger partial charge < -0.3 is 10.6 Å². The molecule has 1 aromatic rings. The Hall–Kier alpha value is -0.430. The van der Waals surface area contributed by atoms with Gasteiger partial charge in [-0.15, -0.1) is 0 Å². The second-order valence-electron chi connectivity index (χ2n) is 4.31. The van der Waals surface area contributed by atoms with Crippen molar-refractivity contribution >= 4 is 28.4 Å². The lowest BCUT2D eigenvalue weighted by atomic mass is 9.91. The SMILES string of the molecule is CC1CCCN(c2ncncc2I)C1CN. The van der Waals surface area contributed by atoms with Gasteiger partial charge in [0.15, 0.2) is 0 Å². The minimum absolute atomic E-state index is 0.414. The molecule has 2 rings (SSSR count).